The second kappa shape index (κ2) is 4.75. The molecule has 1 saturated carbocycles. The highest BCUT2D eigenvalue weighted by atomic mass is 19.3. The minimum absolute atomic E-state index is 0.140. The van der Waals surface area contributed by atoms with Crippen molar-refractivity contribution in [3.05, 3.63) is 28.8 Å². The molecular formula is C15H21F2NO. The van der Waals surface area contributed by atoms with Gasteiger partial charge in [-0.1, -0.05) is 19.9 Å². The molecule has 4 heteroatoms. The predicted octanol–water partition coefficient (Wildman–Crippen LogP) is 3.83. The van der Waals surface area contributed by atoms with Crippen LogP contribution in [0.2, 0.25) is 0 Å². The first-order valence-electron chi connectivity index (χ1n) is 6.70. The van der Waals surface area contributed by atoms with Crippen LogP contribution >= 0.6 is 0 Å². The second-order valence-corrected chi connectivity index (χ2v) is 5.91. The van der Waals surface area contributed by atoms with E-state index in [1.807, 2.05) is 26.8 Å². The van der Waals surface area contributed by atoms with Gasteiger partial charge < -0.3 is 10.8 Å². The highest BCUT2D eigenvalue weighted by Gasteiger charge is 2.49. The van der Waals surface area contributed by atoms with Gasteiger partial charge in [0.1, 0.15) is 5.75 Å². The zero-order chi connectivity index (χ0) is 14.4. The molecule has 3 N–H and O–H groups in total. The van der Waals surface area contributed by atoms with E-state index in [9.17, 15) is 13.9 Å². The van der Waals surface area contributed by atoms with Crippen LogP contribution in [0.5, 0.6) is 5.75 Å². The third kappa shape index (κ3) is 2.34. The standard InChI is InChI=1S/C15H21F2NO/c1-8(2)10-6-11(14(16)17)13(19)12(7-10)15(4-5-15)9(3)18/h6-9,14,19H,4-5,18H2,1-3H3. The molecule has 1 aliphatic rings. The number of phenols is 1. The van der Waals surface area contributed by atoms with E-state index in [2.05, 4.69) is 0 Å². The molecule has 1 unspecified atom stereocenters. The fourth-order valence-electron chi connectivity index (χ4n) is 2.66. The van der Waals surface area contributed by atoms with Crippen LogP contribution in [0.3, 0.4) is 0 Å². The normalized spacial score (nSPS) is 18.9. The van der Waals surface area contributed by atoms with E-state index in [0.717, 1.165) is 18.4 Å². The monoisotopic (exact) mass is 269 g/mol. The fraction of sp³-hybridized carbons (Fsp3) is 0.600. The average molecular weight is 269 g/mol. The van der Waals surface area contributed by atoms with E-state index < -0.39 is 6.43 Å². The maximum atomic E-state index is 13.1. The number of halogens is 2. The molecule has 0 spiro atoms. The Morgan fingerprint density at radius 1 is 1.21 bits per heavy atom. The molecule has 1 aliphatic carbocycles. The van der Waals surface area contributed by atoms with Crippen molar-refractivity contribution in [2.75, 3.05) is 0 Å². The van der Waals surface area contributed by atoms with Crippen molar-refractivity contribution >= 4 is 0 Å². The number of hydrogen-bond acceptors (Lipinski definition) is 2. The SMILES string of the molecule is CC(C)c1cc(C(F)F)c(O)c(C2(C(C)N)CC2)c1. The van der Waals surface area contributed by atoms with Crippen molar-refractivity contribution in [2.45, 2.75) is 57.4 Å². The van der Waals surface area contributed by atoms with Gasteiger partial charge in [0.15, 0.2) is 0 Å². The molecule has 2 nitrogen and oxygen atoms in total. The average Bonchev–Trinajstić information content (AvgIpc) is 3.09. The summed E-state index contributed by atoms with van der Waals surface area (Å²) in [5.74, 6) is -0.130. The van der Waals surface area contributed by atoms with Crippen LogP contribution in [-0.2, 0) is 5.41 Å². The summed E-state index contributed by atoms with van der Waals surface area (Å²) >= 11 is 0. The number of aromatic hydroxyl groups is 1. The van der Waals surface area contributed by atoms with Gasteiger partial charge in [0.2, 0.25) is 0 Å². The first-order valence-corrected chi connectivity index (χ1v) is 6.70. The molecule has 0 amide bonds. The maximum absolute atomic E-state index is 13.1. The molecule has 19 heavy (non-hydrogen) atoms. The molecule has 1 atom stereocenters. The Hall–Kier alpha value is -1.16. The van der Waals surface area contributed by atoms with E-state index in [0.29, 0.717) is 5.56 Å². The summed E-state index contributed by atoms with van der Waals surface area (Å²) in [4.78, 5) is 0. The molecule has 0 heterocycles. The smallest absolute Gasteiger partial charge is 0.267 e. The Morgan fingerprint density at radius 3 is 2.16 bits per heavy atom. The predicted molar refractivity (Wildman–Crippen MR) is 71.7 cm³/mol. The van der Waals surface area contributed by atoms with Crippen molar-refractivity contribution in [1.82, 2.24) is 0 Å². The van der Waals surface area contributed by atoms with Gasteiger partial charge in [-0.15, -0.1) is 0 Å². The lowest BCUT2D eigenvalue weighted by molar-refractivity contribution is 0.147. The van der Waals surface area contributed by atoms with E-state index in [-0.39, 0.29) is 28.7 Å². The minimum atomic E-state index is -2.67. The van der Waals surface area contributed by atoms with Gasteiger partial charge in [-0.05, 0) is 37.3 Å². The molecule has 1 aromatic rings. The number of hydrogen-bond donors (Lipinski definition) is 2. The zero-order valence-electron chi connectivity index (χ0n) is 11.6. The second-order valence-electron chi connectivity index (χ2n) is 5.91. The summed E-state index contributed by atoms with van der Waals surface area (Å²) < 4.78 is 26.1. The molecule has 0 bridgehead atoms. The van der Waals surface area contributed by atoms with E-state index >= 15 is 0 Å². The van der Waals surface area contributed by atoms with Crippen molar-refractivity contribution in [1.29, 1.82) is 0 Å². The van der Waals surface area contributed by atoms with Gasteiger partial charge in [0.25, 0.3) is 6.43 Å². The number of benzene rings is 1. The molecule has 2 rings (SSSR count). The van der Waals surface area contributed by atoms with Gasteiger partial charge in [-0.25, -0.2) is 8.78 Å². The minimum Gasteiger partial charge on any atom is -0.507 e. The van der Waals surface area contributed by atoms with Gasteiger partial charge >= 0.3 is 0 Å². The largest absolute Gasteiger partial charge is 0.507 e. The van der Waals surface area contributed by atoms with Crippen LogP contribution < -0.4 is 5.73 Å². The summed E-state index contributed by atoms with van der Waals surface area (Å²) in [6, 6.07) is 3.11. The molecule has 0 aliphatic heterocycles. The van der Waals surface area contributed by atoms with E-state index in [4.69, 9.17) is 5.73 Å². The van der Waals surface area contributed by atoms with Gasteiger partial charge in [0, 0.05) is 17.0 Å². The van der Waals surface area contributed by atoms with Crippen molar-refractivity contribution in [2.24, 2.45) is 5.73 Å². The summed E-state index contributed by atoms with van der Waals surface area (Å²) in [5, 5.41) is 10.2. The first kappa shape index (κ1) is 14.3. The quantitative estimate of drug-likeness (QED) is 0.872. The summed E-state index contributed by atoms with van der Waals surface area (Å²) in [6.45, 7) is 5.78. The highest BCUT2D eigenvalue weighted by Crippen LogP contribution is 2.54. The third-order valence-corrected chi connectivity index (χ3v) is 4.26. The van der Waals surface area contributed by atoms with Crippen LogP contribution in [0, 0.1) is 0 Å². The topological polar surface area (TPSA) is 46.2 Å². The number of rotatable bonds is 4. The summed E-state index contributed by atoms with van der Waals surface area (Å²) in [5.41, 5.74) is 6.83. The maximum Gasteiger partial charge on any atom is 0.267 e. The Labute approximate surface area is 112 Å². The van der Waals surface area contributed by atoms with Gasteiger partial charge in [-0.2, -0.15) is 0 Å². The molecule has 106 valence electrons. The molecule has 0 radical (unpaired) electrons. The lowest BCUT2D eigenvalue weighted by atomic mass is 9.84. The van der Waals surface area contributed by atoms with Crippen LogP contribution in [-0.4, -0.2) is 11.1 Å². The van der Waals surface area contributed by atoms with Gasteiger partial charge in [-0.3, -0.25) is 0 Å². The van der Waals surface area contributed by atoms with Crippen molar-refractivity contribution in [3.63, 3.8) is 0 Å². The van der Waals surface area contributed by atoms with Crippen LogP contribution in [0.15, 0.2) is 12.1 Å². The summed E-state index contributed by atoms with van der Waals surface area (Å²) in [7, 11) is 0. The molecule has 1 aromatic carbocycles. The Morgan fingerprint density at radius 2 is 1.79 bits per heavy atom. The van der Waals surface area contributed by atoms with E-state index in [1.54, 1.807) is 0 Å². The van der Waals surface area contributed by atoms with Gasteiger partial charge in [0.05, 0.1) is 5.56 Å². The number of phenolic OH excluding ortho intramolecular Hbond substituents is 1. The first-order chi connectivity index (χ1) is 8.79. The summed E-state index contributed by atoms with van der Waals surface area (Å²) in [6.07, 6.45) is -0.966. The number of nitrogens with two attached hydrogens (primary N) is 1. The Kier molecular flexibility index (Phi) is 3.56. The van der Waals surface area contributed by atoms with Crippen LogP contribution in [0.1, 0.15) is 62.6 Å². The lowest BCUT2D eigenvalue weighted by Gasteiger charge is -2.24. The Balaban J connectivity index is 2.60. The Bertz CT molecular complexity index is 479. The fourth-order valence-corrected chi connectivity index (χ4v) is 2.66. The van der Waals surface area contributed by atoms with Crippen LogP contribution in [0.25, 0.3) is 0 Å². The molecule has 1 fully saturated rings. The van der Waals surface area contributed by atoms with Crippen molar-refractivity contribution in [3.8, 4) is 5.75 Å². The molecular weight excluding hydrogens is 248 g/mol. The zero-order valence-corrected chi connectivity index (χ0v) is 11.6. The van der Waals surface area contributed by atoms with Crippen molar-refractivity contribution < 1.29 is 13.9 Å². The molecule has 0 saturated heterocycles. The molecule has 0 aromatic heterocycles. The third-order valence-electron chi connectivity index (χ3n) is 4.26. The van der Waals surface area contributed by atoms with Crippen LogP contribution in [0.4, 0.5) is 8.78 Å². The van der Waals surface area contributed by atoms with E-state index in [1.165, 1.54) is 6.07 Å². The lowest BCUT2D eigenvalue weighted by Crippen LogP contribution is -2.31. The highest BCUT2D eigenvalue weighted by molar-refractivity contribution is 5.52. The number of alkyl halides is 2.